The second-order valence-corrected chi connectivity index (χ2v) is 9.74. The molecule has 6 aromatic rings. The first-order valence-corrected chi connectivity index (χ1v) is 12.7. The number of pyridine rings is 3. The molecule has 7 rings (SSSR count). The molecule has 0 unspecified atom stereocenters. The Hall–Kier alpha value is -4.43. The Bertz CT molecular complexity index is 1740. The van der Waals surface area contributed by atoms with Gasteiger partial charge in [-0.3, -0.25) is 15.0 Å². The van der Waals surface area contributed by atoms with E-state index >= 15 is 0 Å². The predicted octanol–water partition coefficient (Wildman–Crippen LogP) is 5.53. The van der Waals surface area contributed by atoms with Gasteiger partial charge < -0.3 is 4.98 Å². The monoisotopic (exact) mass is 486 g/mol. The molecule has 37 heavy (non-hydrogen) atoms. The zero-order valence-corrected chi connectivity index (χ0v) is 20.6. The van der Waals surface area contributed by atoms with Crippen LogP contribution in [-0.4, -0.2) is 53.1 Å². The Kier molecular flexibility index (Phi) is 5.25. The van der Waals surface area contributed by atoms with Gasteiger partial charge in [0.2, 0.25) is 0 Å². The van der Waals surface area contributed by atoms with Crippen LogP contribution in [-0.2, 0) is 6.54 Å². The molecular weight excluding hydrogens is 460 g/mol. The molecular formula is C29H26N8. The van der Waals surface area contributed by atoms with Crippen molar-refractivity contribution in [1.82, 2.24) is 40.0 Å². The molecule has 0 atom stereocenters. The molecule has 1 fully saturated rings. The molecule has 1 saturated heterocycles. The highest BCUT2D eigenvalue weighted by molar-refractivity contribution is 5.95. The molecule has 0 radical (unpaired) electrons. The van der Waals surface area contributed by atoms with E-state index in [1.54, 1.807) is 6.20 Å². The van der Waals surface area contributed by atoms with E-state index < -0.39 is 0 Å². The molecule has 8 nitrogen and oxygen atoms in total. The standard InChI is InChI=1S/C29H26N8/c1-18-5-4-6-20(13-18)22-9-10-31-28-25(22)33-29(34-28)27-26-24(35-36-27)8-7-23(32-26)21-14-19(15-30-16-21)17-37-11-2-3-12-37/h4-10,13-16H,2-3,11-12,17H2,1H3,(H,35,36)(H,31,33,34). The largest absolute Gasteiger partial charge is 0.335 e. The van der Waals surface area contributed by atoms with Gasteiger partial charge in [0, 0.05) is 36.3 Å². The number of nitrogens with one attached hydrogen (secondary N) is 2. The van der Waals surface area contributed by atoms with Gasteiger partial charge in [0.05, 0.1) is 16.7 Å². The summed E-state index contributed by atoms with van der Waals surface area (Å²) in [6.45, 7) is 5.34. The summed E-state index contributed by atoms with van der Waals surface area (Å²) in [7, 11) is 0. The number of likely N-dealkylation sites (tertiary alicyclic amines) is 1. The van der Waals surface area contributed by atoms with Crippen molar-refractivity contribution in [3.05, 3.63) is 78.2 Å². The van der Waals surface area contributed by atoms with Crippen LogP contribution in [0.4, 0.5) is 0 Å². The number of nitrogens with zero attached hydrogens (tertiary/aromatic N) is 6. The predicted molar refractivity (Wildman–Crippen MR) is 145 cm³/mol. The lowest BCUT2D eigenvalue weighted by Gasteiger charge is -2.14. The topological polar surface area (TPSA) is 99.3 Å². The maximum absolute atomic E-state index is 4.99. The van der Waals surface area contributed by atoms with Crippen molar-refractivity contribution in [2.75, 3.05) is 13.1 Å². The Labute approximate surface area is 213 Å². The van der Waals surface area contributed by atoms with Crippen LogP contribution in [0.5, 0.6) is 0 Å². The summed E-state index contributed by atoms with van der Waals surface area (Å²) >= 11 is 0. The van der Waals surface area contributed by atoms with Gasteiger partial charge in [-0.2, -0.15) is 5.10 Å². The van der Waals surface area contributed by atoms with Crippen LogP contribution >= 0.6 is 0 Å². The van der Waals surface area contributed by atoms with Crippen LogP contribution in [0.15, 0.2) is 67.1 Å². The van der Waals surface area contributed by atoms with E-state index in [1.807, 2.05) is 30.6 Å². The van der Waals surface area contributed by atoms with E-state index in [4.69, 9.17) is 9.97 Å². The lowest BCUT2D eigenvalue weighted by Crippen LogP contribution is -2.18. The second kappa shape index (κ2) is 8.90. The van der Waals surface area contributed by atoms with Gasteiger partial charge in [0.15, 0.2) is 17.2 Å². The lowest BCUT2D eigenvalue weighted by atomic mass is 10.0. The third kappa shape index (κ3) is 4.05. The molecule has 0 aliphatic carbocycles. The van der Waals surface area contributed by atoms with E-state index in [9.17, 15) is 0 Å². The normalized spacial score (nSPS) is 14.2. The fraction of sp³-hybridized carbons (Fsp3) is 0.207. The number of aromatic amines is 2. The number of aryl methyl sites for hydroxylation is 1. The van der Waals surface area contributed by atoms with Crippen LogP contribution in [0.25, 0.3) is 56.1 Å². The van der Waals surface area contributed by atoms with Crippen molar-refractivity contribution < 1.29 is 0 Å². The van der Waals surface area contributed by atoms with E-state index in [2.05, 4.69) is 67.3 Å². The third-order valence-corrected chi connectivity index (χ3v) is 7.05. The molecule has 1 aliphatic rings. The summed E-state index contributed by atoms with van der Waals surface area (Å²) in [6.07, 6.45) is 8.18. The molecule has 182 valence electrons. The average Bonchev–Trinajstić information content (AvgIpc) is 3.67. The molecule has 0 saturated carbocycles. The Morgan fingerprint density at radius 1 is 0.946 bits per heavy atom. The van der Waals surface area contributed by atoms with Crippen LogP contribution < -0.4 is 0 Å². The van der Waals surface area contributed by atoms with Gasteiger partial charge >= 0.3 is 0 Å². The maximum Gasteiger partial charge on any atom is 0.178 e. The molecule has 8 heteroatoms. The molecule has 2 N–H and O–H groups in total. The van der Waals surface area contributed by atoms with Gasteiger partial charge in [-0.25, -0.2) is 15.0 Å². The zero-order valence-electron chi connectivity index (χ0n) is 20.6. The molecule has 5 aromatic heterocycles. The number of hydrogen-bond donors (Lipinski definition) is 2. The molecule has 6 heterocycles. The molecule has 1 aliphatic heterocycles. The second-order valence-electron chi connectivity index (χ2n) is 9.74. The van der Waals surface area contributed by atoms with Crippen molar-refractivity contribution in [2.45, 2.75) is 26.3 Å². The number of aromatic nitrogens is 7. The number of rotatable bonds is 5. The Morgan fingerprint density at radius 2 is 1.86 bits per heavy atom. The lowest BCUT2D eigenvalue weighted by molar-refractivity contribution is 0.331. The first-order chi connectivity index (χ1) is 18.2. The smallest absolute Gasteiger partial charge is 0.178 e. The minimum absolute atomic E-state index is 0.638. The highest BCUT2D eigenvalue weighted by Gasteiger charge is 2.18. The first-order valence-electron chi connectivity index (χ1n) is 12.7. The molecule has 0 spiro atoms. The fourth-order valence-corrected chi connectivity index (χ4v) is 5.21. The number of imidazole rings is 1. The average molecular weight is 487 g/mol. The summed E-state index contributed by atoms with van der Waals surface area (Å²) in [4.78, 5) is 24.7. The fourth-order valence-electron chi connectivity index (χ4n) is 5.21. The van der Waals surface area contributed by atoms with E-state index in [1.165, 1.54) is 24.0 Å². The van der Waals surface area contributed by atoms with E-state index in [0.29, 0.717) is 17.2 Å². The molecule has 1 aromatic carbocycles. The van der Waals surface area contributed by atoms with Crippen molar-refractivity contribution >= 4 is 22.2 Å². The van der Waals surface area contributed by atoms with Gasteiger partial charge in [-0.1, -0.05) is 29.8 Å². The van der Waals surface area contributed by atoms with Crippen molar-refractivity contribution in [3.8, 4) is 33.9 Å². The van der Waals surface area contributed by atoms with Crippen molar-refractivity contribution in [3.63, 3.8) is 0 Å². The highest BCUT2D eigenvalue weighted by Crippen LogP contribution is 2.31. The van der Waals surface area contributed by atoms with Crippen molar-refractivity contribution in [2.24, 2.45) is 0 Å². The summed E-state index contributed by atoms with van der Waals surface area (Å²) in [5.74, 6) is 0.638. The first kappa shape index (κ1) is 21.8. The van der Waals surface area contributed by atoms with Gasteiger partial charge in [0.1, 0.15) is 5.52 Å². The van der Waals surface area contributed by atoms with Crippen LogP contribution in [0, 0.1) is 6.92 Å². The zero-order chi connectivity index (χ0) is 24.8. The summed E-state index contributed by atoms with van der Waals surface area (Å²) in [6, 6.07) is 16.7. The molecule has 0 amide bonds. The number of fused-ring (bicyclic) bond motifs is 2. The number of H-pyrrole nitrogens is 2. The maximum atomic E-state index is 4.99. The van der Waals surface area contributed by atoms with Gasteiger partial charge in [0.25, 0.3) is 0 Å². The van der Waals surface area contributed by atoms with Crippen molar-refractivity contribution in [1.29, 1.82) is 0 Å². The third-order valence-electron chi connectivity index (χ3n) is 7.05. The summed E-state index contributed by atoms with van der Waals surface area (Å²) in [5.41, 5.74) is 10.3. The van der Waals surface area contributed by atoms with Gasteiger partial charge in [-0.05, 0) is 68.2 Å². The minimum Gasteiger partial charge on any atom is -0.335 e. The Balaban J connectivity index is 1.28. The quantitative estimate of drug-likeness (QED) is 0.332. The summed E-state index contributed by atoms with van der Waals surface area (Å²) < 4.78 is 0. The van der Waals surface area contributed by atoms with E-state index in [-0.39, 0.29) is 0 Å². The minimum atomic E-state index is 0.638. The van der Waals surface area contributed by atoms with Gasteiger partial charge in [-0.15, -0.1) is 0 Å². The molecule has 0 bridgehead atoms. The SMILES string of the molecule is Cc1cccc(-c2ccnc3nc(-c4n[nH]c5ccc(-c6cncc(CN7CCCC7)c6)nc45)[nH]c23)c1. The summed E-state index contributed by atoms with van der Waals surface area (Å²) in [5, 5.41) is 7.67. The number of hydrogen-bond acceptors (Lipinski definition) is 6. The number of benzene rings is 1. The van der Waals surface area contributed by atoms with Crippen LogP contribution in [0.1, 0.15) is 24.0 Å². The van der Waals surface area contributed by atoms with Crippen LogP contribution in [0.2, 0.25) is 0 Å². The Morgan fingerprint density at radius 3 is 2.76 bits per heavy atom. The van der Waals surface area contributed by atoms with E-state index in [0.717, 1.165) is 58.6 Å². The van der Waals surface area contributed by atoms with Crippen LogP contribution in [0.3, 0.4) is 0 Å². The highest BCUT2D eigenvalue weighted by atomic mass is 15.2.